The van der Waals surface area contributed by atoms with Gasteiger partial charge in [-0.15, -0.1) is 0 Å². The number of benzene rings is 2. The molecule has 0 saturated carbocycles. The zero-order valence-electron chi connectivity index (χ0n) is 15.2. The second-order valence-electron chi connectivity index (χ2n) is 6.24. The van der Waals surface area contributed by atoms with Crippen LogP contribution >= 0.6 is 34.5 Å². The summed E-state index contributed by atoms with van der Waals surface area (Å²) in [6.07, 6.45) is -4.59. The maximum absolute atomic E-state index is 13.5. The Labute approximate surface area is 182 Å². The van der Waals surface area contributed by atoms with E-state index in [-0.39, 0.29) is 37.0 Å². The maximum Gasteiger partial charge on any atom is 0.417 e. The van der Waals surface area contributed by atoms with Crippen molar-refractivity contribution in [2.75, 3.05) is 0 Å². The normalized spacial score (nSPS) is 13.6. The molecular weight excluding hydrogens is 464 g/mol. The molecule has 1 N–H and O–H groups in total. The largest absolute Gasteiger partial charge is 0.480 e. The Morgan fingerprint density at radius 2 is 1.83 bits per heavy atom. The lowest BCUT2D eigenvalue weighted by atomic mass is 10.1. The Bertz CT molecular complexity index is 1200. The SMILES string of the molecule is CCC(C(=O)O)n1c(=NC(=O)c2cc(Cl)cc(Cl)c2)sc2c(C(F)(F)F)cccc21. The Hall–Kier alpha value is -2.36. The highest BCUT2D eigenvalue weighted by Crippen LogP contribution is 2.37. The molecule has 0 bridgehead atoms. The van der Waals surface area contributed by atoms with Crippen LogP contribution in [0.1, 0.15) is 35.3 Å². The minimum atomic E-state index is -4.66. The average molecular weight is 477 g/mol. The van der Waals surface area contributed by atoms with E-state index in [9.17, 15) is 27.9 Å². The second-order valence-corrected chi connectivity index (χ2v) is 8.09. The van der Waals surface area contributed by atoms with Crippen LogP contribution in [0.4, 0.5) is 13.2 Å². The van der Waals surface area contributed by atoms with Gasteiger partial charge in [0.15, 0.2) is 4.80 Å². The Kier molecular flexibility index (Phi) is 6.26. The van der Waals surface area contributed by atoms with Crippen LogP contribution in [0.5, 0.6) is 0 Å². The Morgan fingerprint density at radius 1 is 1.20 bits per heavy atom. The van der Waals surface area contributed by atoms with Crippen molar-refractivity contribution >= 4 is 56.6 Å². The first-order valence-electron chi connectivity index (χ1n) is 8.52. The first kappa shape index (κ1) is 22.3. The number of hydrogen-bond acceptors (Lipinski definition) is 3. The van der Waals surface area contributed by atoms with Gasteiger partial charge in [0, 0.05) is 15.6 Å². The minimum absolute atomic E-state index is 0.0240. The molecule has 0 radical (unpaired) electrons. The highest BCUT2D eigenvalue weighted by molar-refractivity contribution is 7.16. The highest BCUT2D eigenvalue weighted by atomic mass is 35.5. The number of fused-ring (bicyclic) bond motifs is 1. The third-order valence-corrected chi connectivity index (χ3v) is 5.79. The molecule has 2 aromatic carbocycles. The van der Waals surface area contributed by atoms with Gasteiger partial charge in [-0.25, -0.2) is 4.79 Å². The monoisotopic (exact) mass is 476 g/mol. The van der Waals surface area contributed by atoms with Gasteiger partial charge in [0.1, 0.15) is 6.04 Å². The number of carbonyl (C=O) groups excluding carboxylic acids is 1. The van der Waals surface area contributed by atoms with Crippen LogP contribution in [0.25, 0.3) is 10.2 Å². The summed E-state index contributed by atoms with van der Waals surface area (Å²) in [5.41, 5.74) is -0.880. The van der Waals surface area contributed by atoms with Gasteiger partial charge in [-0.1, -0.05) is 47.5 Å². The lowest BCUT2D eigenvalue weighted by molar-refractivity contribution is -0.141. The smallest absolute Gasteiger partial charge is 0.417 e. The number of carbonyl (C=O) groups is 2. The van der Waals surface area contributed by atoms with Crippen molar-refractivity contribution in [3.63, 3.8) is 0 Å². The molecule has 1 aromatic heterocycles. The van der Waals surface area contributed by atoms with Crippen molar-refractivity contribution in [1.82, 2.24) is 4.57 Å². The average Bonchev–Trinajstić information content (AvgIpc) is 2.98. The summed E-state index contributed by atoms with van der Waals surface area (Å²) in [7, 11) is 0. The molecular formula is C19H13Cl2F3N2O3S. The minimum Gasteiger partial charge on any atom is -0.480 e. The summed E-state index contributed by atoms with van der Waals surface area (Å²) in [5.74, 6) is -2.07. The van der Waals surface area contributed by atoms with E-state index in [4.69, 9.17) is 23.2 Å². The quantitative estimate of drug-likeness (QED) is 0.516. The molecule has 5 nitrogen and oxygen atoms in total. The third-order valence-electron chi connectivity index (χ3n) is 4.25. The first-order chi connectivity index (χ1) is 14.0. The summed E-state index contributed by atoms with van der Waals surface area (Å²) in [5, 5.41) is 9.95. The number of thiazole rings is 1. The molecule has 1 amide bonds. The molecule has 1 unspecified atom stereocenters. The molecule has 0 saturated heterocycles. The fourth-order valence-corrected chi connectivity index (χ4v) is 4.69. The van der Waals surface area contributed by atoms with Crippen molar-refractivity contribution < 1.29 is 27.9 Å². The zero-order chi connectivity index (χ0) is 22.2. The van der Waals surface area contributed by atoms with Gasteiger partial charge < -0.3 is 9.67 Å². The number of aromatic nitrogens is 1. The summed E-state index contributed by atoms with van der Waals surface area (Å²) in [4.78, 5) is 28.2. The number of aliphatic carboxylic acids is 1. The number of alkyl halides is 3. The molecule has 3 rings (SSSR count). The van der Waals surface area contributed by atoms with E-state index in [2.05, 4.69) is 4.99 Å². The molecule has 3 aromatic rings. The van der Waals surface area contributed by atoms with Crippen molar-refractivity contribution in [3.8, 4) is 0 Å². The van der Waals surface area contributed by atoms with Crippen LogP contribution < -0.4 is 4.80 Å². The predicted molar refractivity (Wildman–Crippen MR) is 108 cm³/mol. The summed E-state index contributed by atoms with van der Waals surface area (Å²) in [6.45, 7) is 1.57. The topological polar surface area (TPSA) is 71.7 Å². The molecule has 1 atom stereocenters. The lowest BCUT2D eigenvalue weighted by Crippen LogP contribution is -2.27. The van der Waals surface area contributed by atoms with Gasteiger partial charge in [0.05, 0.1) is 15.8 Å². The van der Waals surface area contributed by atoms with Crippen molar-refractivity contribution in [2.45, 2.75) is 25.6 Å². The van der Waals surface area contributed by atoms with E-state index in [1.54, 1.807) is 6.92 Å². The van der Waals surface area contributed by atoms with Crippen molar-refractivity contribution in [2.24, 2.45) is 4.99 Å². The van der Waals surface area contributed by atoms with Crippen LogP contribution in [-0.2, 0) is 11.0 Å². The van der Waals surface area contributed by atoms with Crippen LogP contribution in [0.15, 0.2) is 41.4 Å². The van der Waals surface area contributed by atoms with Crippen molar-refractivity contribution in [1.29, 1.82) is 0 Å². The van der Waals surface area contributed by atoms with E-state index in [0.29, 0.717) is 11.3 Å². The molecule has 30 heavy (non-hydrogen) atoms. The molecule has 1 heterocycles. The number of hydrogen-bond donors (Lipinski definition) is 1. The second kappa shape index (κ2) is 8.41. The standard InChI is InChI=1S/C19H13Cl2F3N2O3S/c1-2-13(17(28)29)26-14-5-3-4-12(19(22,23)24)15(14)30-18(26)25-16(27)9-6-10(20)8-11(21)7-9/h3-8,13H,2H2,1H3,(H,28,29). The van der Waals surface area contributed by atoms with Gasteiger partial charge in [-0.2, -0.15) is 18.2 Å². The third kappa shape index (κ3) is 4.38. The van der Waals surface area contributed by atoms with Gasteiger partial charge in [-0.3, -0.25) is 4.79 Å². The lowest BCUT2D eigenvalue weighted by Gasteiger charge is -2.14. The molecule has 0 fully saturated rings. The van der Waals surface area contributed by atoms with E-state index in [1.807, 2.05) is 0 Å². The number of halogens is 5. The number of carboxylic acids is 1. The Balaban J connectivity index is 2.33. The number of amides is 1. The van der Waals surface area contributed by atoms with E-state index in [0.717, 1.165) is 10.6 Å². The van der Waals surface area contributed by atoms with E-state index < -0.39 is 29.7 Å². The van der Waals surface area contributed by atoms with Gasteiger partial charge in [0.2, 0.25) is 0 Å². The summed E-state index contributed by atoms with van der Waals surface area (Å²) >= 11 is 12.4. The molecule has 11 heteroatoms. The molecule has 0 aliphatic rings. The first-order valence-corrected chi connectivity index (χ1v) is 10.1. The van der Waals surface area contributed by atoms with E-state index >= 15 is 0 Å². The van der Waals surface area contributed by atoms with Gasteiger partial charge in [-0.05, 0) is 36.8 Å². The number of rotatable bonds is 4. The summed E-state index contributed by atoms with van der Waals surface area (Å²) < 4.78 is 41.3. The fourth-order valence-electron chi connectivity index (χ4n) is 2.96. The molecule has 0 aliphatic heterocycles. The van der Waals surface area contributed by atoms with Crippen LogP contribution in [0, 0.1) is 0 Å². The number of carboxylic acid groups (broad SMARTS) is 1. The molecule has 0 spiro atoms. The van der Waals surface area contributed by atoms with Crippen LogP contribution in [0.3, 0.4) is 0 Å². The fraction of sp³-hybridized carbons (Fsp3) is 0.211. The van der Waals surface area contributed by atoms with Gasteiger partial charge >= 0.3 is 12.1 Å². The van der Waals surface area contributed by atoms with Crippen LogP contribution in [0.2, 0.25) is 10.0 Å². The predicted octanol–water partition coefficient (Wildman–Crippen LogP) is 5.81. The van der Waals surface area contributed by atoms with Crippen LogP contribution in [-0.4, -0.2) is 21.6 Å². The zero-order valence-corrected chi connectivity index (χ0v) is 17.5. The molecule has 158 valence electrons. The molecule has 0 aliphatic carbocycles. The Morgan fingerprint density at radius 3 is 2.37 bits per heavy atom. The summed E-state index contributed by atoms with van der Waals surface area (Å²) in [6, 6.07) is 6.27. The van der Waals surface area contributed by atoms with E-state index in [1.165, 1.54) is 30.3 Å². The van der Waals surface area contributed by atoms with Crippen molar-refractivity contribution in [3.05, 3.63) is 62.4 Å². The maximum atomic E-state index is 13.5. The number of nitrogens with zero attached hydrogens (tertiary/aromatic N) is 2. The van der Waals surface area contributed by atoms with Gasteiger partial charge in [0.25, 0.3) is 5.91 Å². The highest BCUT2D eigenvalue weighted by Gasteiger charge is 2.34.